The van der Waals surface area contributed by atoms with Crippen molar-refractivity contribution in [3.8, 4) is 0 Å². The highest BCUT2D eigenvalue weighted by atomic mass is 32.2. The zero-order valence-corrected chi connectivity index (χ0v) is 8.63. The van der Waals surface area contributed by atoms with E-state index in [0.717, 1.165) is 19.5 Å². The predicted octanol–water partition coefficient (Wildman–Crippen LogP) is -0.418. The van der Waals surface area contributed by atoms with E-state index < -0.39 is 10.0 Å². The van der Waals surface area contributed by atoms with Crippen molar-refractivity contribution < 1.29 is 8.42 Å². The monoisotopic (exact) mass is 192 g/mol. The summed E-state index contributed by atoms with van der Waals surface area (Å²) in [5.41, 5.74) is 0. The van der Waals surface area contributed by atoms with Gasteiger partial charge in [-0.3, -0.25) is 0 Å². The average Bonchev–Trinajstić information content (AvgIpc) is 2.32. The van der Waals surface area contributed by atoms with Gasteiger partial charge in [-0.15, -0.1) is 0 Å². The van der Waals surface area contributed by atoms with Gasteiger partial charge in [-0.25, -0.2) is 12.7 Å². The number of likely N-dealkylation sites (tertiary alicyclic amines) is 1. The molecular weight excluding hydrogens is 176 g/mol. The molecule has 1 aliphatic heterocycles. The molecule has 1 aliphatic rings. The maximum Gasteiger partial charge on any atom is 0.211 e. The van der Waals surface area contributed by atoms with Gasteiger partial charge in [0.2, 0.25) is 10.0 Å². The SMILES string of the molecule is CN1CC[C@H](N(C)S(C)(=O)=O)C1. The Morgan fingerprint density at radius 2 is 2.08 bits per heavy atom. The molecule has 0 unspecified atom stereocenters. The van der Waals surface area contributed by atoms with Crippen molar-refractivity contribution in [2.75, 3.05) is 33.4 Å². The Morgan fingerprint density at radius 1 is 1.50 bits per heavy atom. The van der Waals surface area contributed by atoms with Crippen LogP contribution in [0, 0.1) is 0 Å². The highest BCUT2D eigenvalue weighted by Gasteiger charge is 2.27. The molecule has 0 aliphatic carbocycles. The molecule has 0 bridgehead atoms. The van der Waals surface area contributed by atoms with Crippen molar-refractivity contribution in [2.45, 2.75) is 12.5 Å². The van der Waals surface area contributed by atoms with Gasteiger partial charge < -0.3 is 4.90 Å². The minimum absolute atomic E-state index is 0.171. The van der Waals surface area contributed by atoms with Gasteiger partial charge in [0.1, 0.15) is 0 Å². The third-order valence-electron chi connectivity index (χ3n) is 2.40. The van der Waals surface area contributed by atoms with Gasteiger partial charge in [-0.05, 0) is 20.0 Å². The molecule has 0 radical (unpaired) electrons. The summed E-state index contributed by atoms with van der Waals surface area (Å²) in [4.78, 5) is 2.15. The van der Waals surface area contributed by atoms with E-state index in [4.69, 9.17) is 0 Å². The fourth-order valence-corrected chi connectivity index (χ4v) is 2.19. The van der Waals surface area contributed by atoms with E-state index in [1.807, 2.05) is 7.05 Å². The number of nitrogens with zero attached hydrogens (tertiary/aromatic N) is 2. The van der Waals surface area contributed by atoms with E-state index in [9.17, 15) is 8.42 Å². The van der Waals surface area contributed by atoms with E-state index in [-0.39, 0.29) is 6.04 Å². The van der Waals surface area contributed by atoms with Crippen LogP contribution >= 0.6 is 0 Å². The van der Waals surface area contributed by atoms with E-state index >= 15 is 0 Å². The largest absolute Gasteiger partial charge is 0.305 e. The lowest BCUT2D eigenvalue weighted by atomic mass is 10.3. The quantitative estimate of drug-likeness (QED) is 0.597. The minimum atomic E-state index is -3.00. The molecule has 0 saturated carbocycles. The molecule has 12 heavy (non-hydrogen) atoms. The molecule has 0 N–H and O–H groups in total. The van der Waals surface area contributed by atoms with E-state index in [1.54, 1.807) is 7.05 Å². The predicted molar refractivity (Wildman–Crippen MR) is 48.5 cm³/mol. The second kappa shape index (κ2) is 3.32. The molecule has 0 amide bonds. The molecule has 4 nitrogen and oxygen atoms in total. The number of hydrogen-bond donors (Lipinski definition) is 0. The van der Waals surface area contributed by atoms with Gasteiger partial charge in [0.25, 0.3) is 0 Å². The second-order valence-corrected chi connectivity index (χ2v) is 5.53. The van der Waals surface area contributed by atoms with Crippen LogP contribution in [0.15, 0.2) is 0 Å². The Balaban J connectivity index is 2.61. The molecule has 1 heterocycles. The van der Waals surface area contributed by atoms with Gasteiger partial charge in [-0.2, -0.15) is 0 Å². The van der Waals surface area contributed by atoms with Crippen molar-refractivity contribution in [3.63, 3.8) is 0 Å². The first-order valence-corrected chi connectivity index (χ1v) is 5.87. The molecule has 0 aromatic heterocycles. The zero-order chi connectivity index (χ0) is 9.35. The van der Waals surface area contributed by atoms with Crippen molar-refractivity contribution in [1.29, 1.82) is 0 Å². The lowest BCUT2D eigenvalue weighted by molar-refractivity contribution is 0.347. The molecule has 72 valence electrons. The summed E-state index contributed by atoms with van der Waals surface area (Å²) < 4.78 is 23.7. The van der Waals surface area contributed by atoms with Crippen LogP contribution in [0.1, 0.15) is 6.42 Å². The summed E-state index contributed by atoms with van der Waals surface area (Å²) in [7, 11) is 0.659. The van der Waals surface area contributed by atoms with Crippen molar-refractivity contribution in [3.05, 3.63) is 0 Å². The Morgan fingerprint density at radius 3 is 2.42 bits per heavy atom. The zero-order valence-electron chi connectivity index (χ0n) is 7.82. The summed E-state index contributed by atoms with van der Waals surface area (Å²) in [6.07, 6.45) is 2.20. The van der Waals surface area contributed by atoms with Gasteiger partial charge in [0, 0.05) is 19.6 Å². The first kappa shape index (κ1) is 9.95. The Bertz CT molecular complexity index is 250. The number of rotatable bonds is 2. The second-order valence-electron chi connectivity index (χ2n) is 3.48. The highest BCUT2D eigenvalue weighted by molar-refractivity contribution is 7.88. The number of likely N-dealkylation sites (N-methyl/N-ethyl adjacent to an activating group) is 2. The summed E-state index contributed by atoms with van der Waals surface area (Å²) in [5.74, 6) is 0. The Labute approximate surface area is 74.2 Å². The van der Waals surface area contributed by atoms with E-state index in [2.05, 4.69) is 4.90 Å². The summed E-state index contributed by atoms with van der Waals surface area (Å²) in [6.45, 7) is 1.84. The van der Waals surface area contributed by atoms with Crippen LogP contribution < -0.4 is 0 Å². The van der Waals surface area contributed by atoms with Crippen LogP contribution in [0.5, 0.6) is 0 Å². The van der Waals surface area contributed by atoms with Crippen LogP contribution in [0.3, 0.4) is 0 Å². The normalized spacial score (nSPS) is 26.8. The Hall–Kier alpha value is -0.130. The van der Waals surface area contributed by atoms with Crippen LogP contribution in [-0.2, 0) is 10.0 Å². The van der Waals surface area contributed by atoms with Crippen molar-refractivity contribution >= 4 is 10.0 Å². The summed E-state index contributed by atoms with van der Waals surface area (Å²) in [6, 6.07) is 0.171. The molecular formula is C7H16N2O2S. The maximum atomic E-state index is 11.1. The lowest BCUT2D eigenvalue weighted by Crippen LogP contribution is -2.37. The molecule has 0 aromatic rings. The topological polar surface area (TPSA) is 40.6 Å². The molecule has 1 atom stereocenters. The first-order valence-electron chi connectivity index (χ1n) is 4.03. The fourth-order valence-electron chi connectivity index (χ4n) is 1.48. The van der Waals surface area contributed by atoms with Gasteiger partial charge >= 0.3 is 0 Å². The average molecular weight is 192 g/mol. The third kappa shape index (κ3) is 2.18. The molecule has 1 rings (SSSR count). The first-order chi connectivity index (χ1) is 5.41. The molecule has 1 saturated heterocycles. The maximum absolute atomic E-state index is 11.1. The van der Waals surface area contributed by atoms with Gasteiger partial charge in [-0.1, -0.05) is 0 Å². The van der Waals surface area contributed by atoms with Crippen LogP contribution in [0.2, 0.25) is 0 Å². The fraction of sp³-hybridized carbons (Fsp3) is 1.00. The van der Waals surface area contributed by atoms with Crippen LogP contribution in [-0.4, -0.2) is 57.1 Å². The van der Waals surface area contributed by atoms with E-state index in [1.165, 1.54) is 10.6 Å². The Kier molecular flexibility index (Phi) is 2.75. The van der Waals surface area contributed by atoms with Crippen LogP contribution in [0.25, 0.3) is 0 Å². The van der Waals surface area contributed by atoms with E-state index in [0.29, 0.717) is 0 Å². The number of sulfonamides is 1. The highest BCUT2D eigenvalue weighted by Crippen LogP contribution is 2.14. The van der Waals surface area contributed by atoms with Gasteiger partial charge in [0.15, 0.2) is 0 Å². The van der Waals surface area contributed by atoms with Crippen molar-refractivity contribution in [2.24, 2.45) is 0 Å². The third-order valence-corrected chi connectivity index (χ3v) is 3.75. The van der Waals surface area contributed by atoms with Crippen LogP contribution in [0.4, 0.5) is 0 Å². The molecule has 5 heteroatoms. The summed E-state index contributed by atoms with van der Waals surface area (Å²) >= 11 is 0. The van der Waals surface area contributed by atoms with Crippen molar-refractivity contribution in [1.82, 2.24) is 9.21 Å². The standard InChI is InChI=1S/C7H16N2O2S/c1-8-5-4-7(6-8)9(2)12(3,10)11/h7H,4-6H2,1-3H3/t7-/m0/s1. The molecule has 0 aromatic carbocycles. The lowest BCUT2D eigenvalue weighted by Gasteiger charge is -2.21. The minimum Gasteiger partial charge on any atom is -0.305 e. The smallest absolute Gasteiger partial charge is 0.211 e. The van der Waals surface area contributed by atoms with Gasteiger partial charge in [0.05, 0.1) is 6.26 Å². The summed E-state index contributed by atoms with van der Waals surface area (Å²) in [5, 5.41) is 0. The number of hydrogen-bond acceptors (Lipinski definition) is 3. The molecule has 0 spiro atoms. The molecule has 1 fully saturated rings.